The Balaban J connectivity index is -0.000000189. The summed E-state index contributed by atoms with van der Waals surface area (Å²) in [5, 5.41) is 0. The first-order valence-electron chi connectivity index (χ1n) is 3.04. The van der Waals surface area contributed by atoms with Gasteiger partial charge in [-0.2, -0.15) is 6.61 Å². The molecule has 1 heterocycles. The predicted molar refractivity (Wildman–Crippen MR) is 37.2 cm³/mol. The first-order valence-corrected chi connectivity index (χ1v) is 3.04. The van der Waals surface area contributed by atoms with Gasteiger partial charge in [-0.1, -0.05) is 0 Å². The second-order valence-corrected chi connectivity index (χ2v) is 1.61. The molecule has 1 aliphatic heterocycles. The minimum Gasteiger partial charge on any atom is -0.548 e. The average molecular weight is 325 g/mol. The number of hydrogen-bond acceptors (Lipinski definition) is 2. The third-order valence-electron chi connectivity index (χ3n) is 0.865. The van der Waals surface area contributed by atoms with Crippen LogP contribution in [-0.2, 0) is 74.9 Å². The Morgan fingerprint density at radius 2 is 2.00 bits per heavy atom. The molecule has 0 spiro atoms. The smallest absolute Gasteiger partial charge is 0.101 e. The van der Waals surface area contributed by atoms with Crippen molar-refractivity contribution in [2.75, 3.05) is 19.9 Å². The summed E-state index contributed by atoms with van der Waals surface area (Å²) < 4.78 is 20.7. The van der Waals surface area contributed by atoms with E-state index in [-0.39, 0.29) is 71.5 Å². The van der Waals surface area contributed by atoms with Gasteiger partial charge in [0.15, 0.2) is 0 Å². The molecule has 0 aliphatic carbocycles. The molecule has 5 heteroatoms. The van der Waals surface area contributed by atoms with Crippen molar-refractivity contribution in [2.45, 2.75) is 6.10 Å². The zero-order valence-electron chi connectivity index (χ0n) is 7.04. The molecule has 0 aromatic carbocycles. The molecule has 0 bridgehead atoms. The predicted octanol–water partition coefficient (Wildman–Crippen LogP) is 1.33. The van der Waals surface area contributed by atoms with Gasteiger partial charge in [-0.25, -0.2) is 0 Å². The summed E-state index contributed by atoms with van der Waals surface area (Å²) in [5.41, 5.74) is 0. The van der Waals surface area contributed by atoms with Crippen LogP contribution in [0.25, 0.3) is 0 Å². The molecule has 1 unspecified atom stereocenters. The summed E-state index contributed by atoms with van der Waals surface area (Å²) in [5.74, 6) is 0. The van der Waals surface area contributed by atoms with Crippen molar-refractivity contribution in [1.82, 2.24) is 0 Å². The number of alkyl halides is 1. The van der Waals surface area contributed by atoms with E-state index in [9.17, 15) is 4.39 Å². The Morgan fingerprint density at radius 1 is 1.50 bits per heavy atom. The number of halogens is 1. The summed E-state index contributed by atoms with van der Waals surface area (Å²) >= 11 is 0. The van der Waals surface area contributed by atoms with Crippen molar-refractivity contribution in [1.29, 1.82) is 0 Å². The third kappa shape index (κ3) is 14.3. The summed E-state index contributed by atoms with van der Waals surface area (Å²) in [4.78, 5) is 0. The summed E-state index contributed by atoms with van der Waals surface area (Å²) in [6.07, 6.45) is 0.234. The maximum absolute atomic E-state index is 11.2. The molecule has 0 amide bonds. The third-order valence-corrected chi connectivity index (χ3v) is 0.865. The normalized spacial score (nSPS) is 17.6. The number of ether oxygens (including phenoxy) is 2. The van der Waals surface area contributed by atoms with Gasteiger partial charge in [0.25, 0.3) is 0 Å². The van der Waals surface area contributed by atoms with Crippen LogP contribution in [0.3, 0.4) is 0 Å². The quantitative estimate of drug-likeness (QED) is 0.337. The molecule has 12 heavy (non-hydrogen) atoms. The Morgan fingerprint density at radius 3 is 2.33 bits per heavy atom. The van der Waals surface area contributed by atoms with Gasteiger partial charge in [0, 0.05) is 72.0 Å². The van der Waals surface area contributed by atoms with E-state index in [0.29, 0.717) is 6.61 Å². The first-order chi connectivity index (χ1) is 4.93. The van der Waals surface area contributed by atoms with Gasteiger partial charge >= 0.3 is 0 Å². The topological polar surface area (TPSA) is 21.8 Å². The molecule has 0 aromatic heterocycles. The molecule has 2 radical (unpaired) electrons. The van der Waals surface area contributed by atoms with Crippen LogP contribution in [0.5, 0.6) is 0 Å². The van der Waals surface area contributed by atoms with E-state index >= 15 is 0 Å². The van der Waals surface area contributed by atoms with Gasteiger partial charge in [-0.3, -0.25) is 4.39 Å². The van der Waals surface area contributed by atoms with E-state index in [1.54, 1.807) is 0 Å². The summed E-state index contributed by atoms with van der Waals surface area (Å²) in [6.45, 7) is 7.89. The first kappa shape index (κ1) is 19.4. The zero-order valence-corrected chi connectivity index (χ0v) is 12.7. The average Bonchev–Trinajstić information content (AvgIpc) is 2.77. The molecule has 1 saturated heterocycles. The molecular formula is C7H12FO2Y2-. The van der Waals surface area contributed by atoms with Crippen LogP contribution in [-0.4, -0.2) is 26.0 Å². The van der Waals surface area contributed by atoms with E-state index in [0.717, 1.165) is 13.2 Å². The minimum absolute atomic E-state index is 0. The Kier molecular flexibility index (Phi) is 24.7. The summed E-state index contributed by atoms with van der Waals surface area (Å²) in [7, 11) is 0. The Bertz CT molecular complexity index is 81.8. The van der Waals surface area contributed by atoms with Crippen molar-refractivity contribution in [3.05, 3.63) is 19.8 Å². The van der Waals surface area contributed by atoms with Crippen molar-refractivity contribution in [3.8, 4) is 0 Å². The van der Waals surface area contributed by atoms with Crippen LogP contribution in [0.4, 0.5) is 4.39 Å². The van der Waals surface area contributed by atoms with Gasteiger partial charge in [0.05, 0.1) is 6.61 Å². The van der Waals surface area contributed by atoms with E-state index in [1.807, 2.05) is 0 Å². The van der Waals surface area contributed by atoms with E-state index in [4.69, 9.17) is 4.74 Å². The molecule has 1 fully saturated rings. The minimum atomic E-state index is -0.521. The molecular weight excluding hydrogens is 313 g/mol. The zero-order chi connectivity index (χ0) is 7.82. The maximum Gasteiger partial charge on any atom is 0.101 e. The van der Waals surface area contributed by atoms with Gasteiger partial charge in [-0.05, 0) is 6.67 Å². The number of rotatable bonds is 4. The number of epoxide rings is 1. The Hall–Kier alpha value is 1.80. The van der Waals surface area contributed by atoms with Crippen LogP contribution in [0, 0.1) is 6.61 Å². The van der Waals surface area contributed by atoms with Crippen LogP contribution in [0.15, 0.2) is 13.2 Å². The second kappa shape index (κ2) is 15.3. The fourth-order valence-corrected chi connectivity index (χ4v) is 0.384. The van der Waals surface area contributed by atoms with Crippen LogP contribution in [0.1, 0.15) is 0 Å². The van der Waals surface area contributed by atoms with Crippen LogP contribution < -0.4 is 0 Å². The van der Waals surface area contributed by atoms with Crippen molar-refractivity contribution in [3.63, 3.8) is 0 Å². The molecule has 1 rings (SSSR count). The molecule has 0 N–H and O–H groups in total. The molecule has 0 aromatic rings. The molecule has 66 valence electrons. The van der Waals surface area contributed by atoms with Crippen molar-refractivity contribution in [2.24, 2.45) is 0 Å². The largest absolute Gasteiger partial charge is 0.548 e. The van der Waals surface area contributed by atoms with E-state index in [1.165, 1.54) is 0 Å². The van der Waals surface area contributed by atoms with Crippen molar-refractivity contribution < 1.29 is 79.3 Å². The fraction of sp³-hybridized carbons (Fsp3) is 0.571. The van der Waals surface area contributed by atoms with Gasteiger partial charge in [-0.15, -0.1) is 13.2 Å². The summed E-state index contributed by atoms with van der Waals surface area (Å²) in [6, 6.07) is 0. The van der Waals surface area contributed by atoms with Gasteiger partial charge < -0.3 is 9.47 Å². The molecule has 1 aliphatic rings. The van der Waals surface area contributed by atoms with Crippen LogP contribution in [0.2, 0.25) is 0 Å². The van der Waals surface area contributed by atoms with Gasteiger partial charge in [0.1, 0.15) is 6.10 Å². The molecule has 0 saturated carbocycles. The molecule has 2 nitrogen and oxygen atoms in total. The Labute approximate surface area is 123 Å². The van der Waals surface area contributed by atoms with Crippen LogP contribution >= 0.6 is 0 Å². The van der Waals surface area contributed by atoms with E-state index in [2.05, 4.69) is 17.9 Å². The number of hydrogen-bond donors (Lipinski definition) is 0. The molecule has 1 atom stereocenters. The SMILES string of the molecule is C=C.FC[CH-]OCC1CO1.[Y].[Y]. The second-order valence-electron chi connectivity index (χ2n) is 1.61. The standard InChI is InChI=1S/C5H8FO2.C2H4.2Y/c6-1-2-7-3-5-4-8-5;1-2;;/h2,5H,1,3-4H2;1-2H2;;/q-1;;;. The fourth-order valence-electron chi connectivity index (χ4n) is 0.384. The van der Waals surface area contributed by atoms with Crippen molar-refractivity contribution >= 4 is 0 Å². The monoisotopic (exact) mass is 325 g/mol. The van der Waals surface area contributed by atoms with E-state index < -0.39 is 6.67 Å². The van der Waals surface area contributed by atoms with Gasteiger partial charge in [0.2, 0.25) is 0 Å². The maximum atomic E-state index is 11.2.